The topological polar surface area (TPSA) is 81.7 Å². The molecular formula is C22H18ClF2N7O. The summed E-state index contributed by atoms with van der Waals surface area (Å²) in [5.41, 5.74) is 2.89. The number of nitrogens with zero attached hydrogens (tertiary/aromatic N) is 7. The molecule has 11 heteroatoms. The molecule has 8 nitrogen and oxygen atoms in total. The second kappa shape index (κ2) is 8.04. The van der Waals surface area contributed by atoms with E-state index in [1.165, 1.54) is 6.20 Å². The number of hydrogen-bond donors (Lipinski definition) is 0. The van der Waals surface area contributed by atoms with Gasteiger partial charge in [0.25, 0.3) is 5.91 Å². The zero-order valence-corrected chi connectivity index (χ0v) is 18.4. The van der Waals surface area contributed by atoms with Gasteiger partial charge in [0.2, 0.25) is 0 Å². The lowest BCUT2D eigenvalue weighted by Gasteiger charge is -2.39. The molecule has 0 spiro atoms. The van der Waals surface area contributed by atoms with Crippen LogP contribution in [0.3, 0.4) is 0 Å². The Morgan fingerprint density at radius 1 is 1.15 bits per heavy atom. The third kappa shape index (κ3) is 3.56. The molecule has 1 aliphatic heterocycles. The number of halogens is 3. The highest BCUT2D eigenvalue weighted by Crippen LogP contribution is 2.41. The van der Waals surface area contributed by atoms with E-state index in [1.807, 2.05) is 31.2 Å². The van der Waals surface area contributed by atoms with Crippen LogP contribution in [-0.2, 0) is 7.05 Å². The molecule has 5 rings (SSSR count). The first-order valence-electron chi connectivity index (χ1n) is 10.2. The molecule has 0 radical (unpaired) electrons. The largest absolute Gasteiger partial charge is 0.329 e. The summed E-state index contributed by atoms with van der Waals surface area (Å²) in [6, 6.07) is 8.33. The Hall–Kier alpha value is -3.66. The number of benzene rings is 1. The van der Waals surface area contributed by atoms with Gasteiger partial charge in [-0.3, -0.25) is 9.48 Å². The highest BCUT2D eigenvalue weighted by atomic mass is 35.5. The third-order valence-corrected chi connectivity index (χ3v) is 6.38. The average molecular weight is 470 g/mol. The molecule has 1 aromatic carbocycles. The Morgan fingerprint density at radius 2 is 1.91 bits per heavy atom. The number of hydrogen-bond acceptors (Lipinski definition) is 5. The summed E-state index contributed by atoms with van der Waals surface area (Å²) in [5.74, 6) is -2.54. The van der Waals surface area contributed by atoms with Crippen molar-refractivity contribution < 1.29 is 13.6 Å². The Balaban J connectivity index is 1.51. The van der Waals surface area contributed by atoms with E-state index >= 15 is 0 Å². The second-order valence-corrected chi connectivity index (χ2v) is 8.19. The fraction of sp³-hybridized carbons (Fsp3) is 0.227. The first kappa shape index (κ1) is 21.2. The monoisotopic (exact) mass is 469 g/mol. The van der Waals surface area contributed by atoms with Crippen molar-refractivity contribution in [1.29, 1.82) is 0 Å². The van der Waals surface area contributed by atoms with Gasteiger partial charge in [0.05, 0.1) is 24.6 Å². The molecule has 0 saturated carbocycles. The molecule has 0 saturated heterocycles. The quantitative estimate of drug-likeness (QED) is 0.457. The SMILES string of the molecule is C[C@@H]1c2ccccc2[C@H](c2cnn(C)c2Cl)CN1C(=O)c1cn(-c2ncc(F)cc2F)nn1. The van der Waals surface area contributed by atoms with Gasteiger partial charge >= 0.3 is 0 Å². The normalized spacial score (nSPS) is 17.8. The first-order valence-corrected chi connectivity index (χ1v) is 10.5. The van der Waals surface area contributed by atoms with Crippen molar-refractivity contribution in [2.45, 2.75) is 18.9 Å². The van der Waals surface area contributed by atoms with Gasteiger partial charge < -0.3 is 4.90 Å². The van der Waals surface area contributed by atoms with Crippen LogP contribution in [0.5, 0.6) is 0 Å². The van der Waals surface area contributed by atoms with Crippen LogP contribution < -0.4 is 0 Å². The number of carbonyl (C=O) groups excluding carboxylic acids is 1. The summed E-state index contributed by atoms with van der Waals surface area (Å²) in [4.78, 5) is 18.8. The highest BCUT2D eigenvalue weighted by molar-refractivity contribution is 6.30. The number of pyridine rings is 1. The Labute approximate surface area is 192 Å². The van der Waals surface area contributed by atoms with E-state index in [0.717, 1.165) is 27.6 Å². The molecule has 2 atom stereocenters. The number of rotatable bonds is 3. The van der Waals surface area contributed by atoms with Gasteiger partial charge in [-0.15, -0.1) is 5.10 Å². The molecule has 4 heterocycles. The lowest BCUT2D eigenvalue weighted by molar-refractivity contribution is 0.0659. The molecule has 1 aliphatic rings. The minimum atomic E-state index is -0.912. The van der Waals surface area contributed by atoms with E-state index in [9.17, 15) is 13.6 Å². The molecule has 1 amide bonds. The molecule has 4 aromatic rings. The lowest BCUT2D eigenvalue weighted by atomic mass is 9.82. The average Bonchev–Trinajstić information content (AvgIpc) is 3.41. The summed E-state index contributed by atoms with van der Waals surface area (Å²) in [6.45, 7) is 2.28. The summed E-state index contributed by atoms with van der Waals surface area (Å²) < 4.78 is 29.9. The third-order valence-electron chi connectivity index (χ3n) is 5.91. The van der Waals surface area contributed by atoms with E-state index in [-0.39, 0.29) is 29.4 Å². The molecule has 168 valence electrons. The van der Waals surface area contributed by atoms with Crippen molar-refractivity contribution in [1.82, 2.24) is 34.7 Å². The van der Waals surface area contributed by atoms with Crippen molar-refractivity contribution in [3.8, 4) is 5.82 Å². The Bertz CT molecular complexity index is 1370. The van der Waals surface area contributed by atoms with Crippen molar-refractivity contribution in [3.63, 3.8) is 0 Å². The number of fused-ring (bicyclic) bond motifs is 1. The molecule has 3 aromatic heterocycles. The van der Waals surface area contributed by atoms with Crippen molar-refractivity contribution in [2.24, 2.45) is 7.05 Å². The van der Waals surface area contributed by atoms with Gasteiger partial charge in [0.1, 0.15) is 11.0 Å². The molecule has 0 aliphatic carbocycles. The number of aryl methyl sites for hydroxylation is 1. The molecule has 0 N–H and O–H groups in total. The van der Waals surface area contributed by atoms with Gasteiger partial charge in [-0.25, -0.2) is 13.8 Å². The number of aromatic nitrogens is 6. The van der Waals surface area contributed by atoms with Crippen LogP contribution in [0.15, 0.2) is 48.9 Å². The Kier molecular flexibility index (Phi) is 5.16. The molecule has 0 bridgehead atoms. The zero-order valence-electron chi connectivity index (χ0n) is 17.7. The number of amides is 1. The standard InChI is InChI=1S/C22H18ClF2N7O/c1-12-14-5-3-4-6-15(14)17(16-9-27-30(2)20(16)23)10-31(12)22(33)19-11-32(29-28-19)21-18(25)7-13(24)8-26-21/h3-9,11-12,17H,10H2,1-2H3/t12-,17-/m1/s1. The van der Waals surface area contributed by atoms with Crippen LogP contribution in [0.1, 0.15) is 46.1 Å². The zero-order chi connectivity index (χ0) is 23.3. The predicted molar refractivity (Wildman–Crippen MR) is 115 cm³/mol. The lowest BCUT2D eigenvalue weighted by Crippen LogP contribution is -2.41. The first-order chi connectivity index (χ1) is 15.8. The molecule has 0 fully saturated rings. The van der Waals surface area contributed by atoms with E-state index in [2.05, 4.69) is 20.4 Å². The van der Waals surface area contributed by atoms with Crippen molar-refractivity contribution in [2.75, 3.05) is 6.54 Å². The second-order valence-electron chi connectivity index (χ2n) is 7.84. The smallest absolute Gasteiger partial charge is 0.276 e. The van der Waals surface area contributed by atoms with Gasteiger partial charge in [-0.05, 0) is 18.1 Å². The van der Waals surface area contributed by atoms with Gasteiger partial charge in [0, 0.05) is 31.1 Å². The maximum absolute atomic E-state index is 14.1. The summed E-state index contributed by atoms with van der Waals surface area (Å²) in [6.07, 6.45) is 3.86. The molecule has 33 heavy (non-hydrogen) atoms. The van der Waals surface area contributed by atoms with Gasteiger partial charge in [0.15, 0.2) is 17.3 Å². The van der Waals surface area contributed by atoms with E-state index in [4.69, 9.17) is 11.6 Å². The minimum Gasteiger partial charge on any atom is -0.329 e. The summed E-state index contributed by atoms with van der Waals surface area (Å²) in [7, 11) is 1.76. The fourth-order valence-electron chi connectivity index (χ4n) is 4.22. The Morgan fingerprint density at radius 3 is 2.61 bits per heavy atom. The summed E-state index contributed by atoms with van der Waals surface area (Å²) >= 11 is 6.49. The van der Waals surface area contributed by atoms with Crippen molar-refractivity contribution >= 4 is 17.5 Å². The summed E-state index contributed by atoms with van der Waals surface area (Å²) in [5, 5.41) is 12.5. The van der Waals surface area contributed by atoms with Crippen molar-refractivity contribution in [3.05, 3.63) is 88.1 Å². The van der Waals surface area contributed by atoms with E-state index < -0.39 is 11.6 Å². The van der Waals surface area contributed by atoms with Crippen LogP contribution in [0.4, 0.5) is 8.78 Å². The van der Waals surface area contributed by atoms with Crippen LogP contribution in [0.25, 0.3) is 5.82 Å². The van der Waals surface area contributed by atoms with E-state index in [1.54, 1.807) is 22.8 Å². The van der Waals surface area contributed by atoms with Crippen LogP contribution in [0.2, 0.25) is 5.15 Å². The van der Waals surface area contributed by atoms with E-state index in [0.29, 0.717) is 17.8 Å². The van der Waals surface area contributed by atoms with Gasteiger partial charge in [-0.2, -0.15) is 9.78 Å². The molecular weight excluding hydrogens is 452 g/mol. The van der Waals surface area contributed by atoms with Crippen LogP contribution in [-0.4, -0.2) is 47.1 Å². The fourth-order valence-corrected chi connectivity index (χ4v) is 4.44. The molecule has 0 unspecified atom stereocenters. The maximum atomic E-state index is 14.1. The van der Waals surface area contributed by atoms with Crippen LogP contribution in [0, 0.1) is 11.6 Å². The predicted octanol–water partition coefficient (Wildman–Crippen LogP) is 3.68. The van der Waals surface area contributed by atoms with Gasteiger partial charge in [-0.1, -0.05) is 41.1 Å². The maximum Gasteiger partial charge on any atom is 0.276 e. The minimum absolute atomic E-state index is 0.0165. The number of carbonyl (C=O) groups is 1. The van der Waals surface area contributed by atoms with Crippen LogP contribution >= 0.6 is 11.6 Å². The highest BCUT2D eigenvalue weighted by Gasteiger charge is 2.36.